The molecule has 0 aromatic heterocycles. The largest absolute Gasteiger partial charge is 1.00 e. The van der Waals surface area contributed by atoms with Crippen LogP contribution in [-0.4, -0.2) is 0 Å². The minimum atomic E-state index is 0. The van der Waals surface area contributed by atoms with Crippen molar-refractivity contribution in [1.82, 2.24) is 5.43 Å². The maximum atomic E-state index is 3.64. The summed E-state index contributed by atoms with van der Waals surface area (Å²) in [6.45, 7) is 0. The lowest BCUT2D eigenvalue weighted by molar-refractivity contribution is -0.691. The summed E-state index contributed by atoms with van der Waals surface area (Å²) >= 11 is 0. The van der Waals surface area contributed by atoms with Gasteiger partial charge in [-0.2, -0.15) is 10.5 Å². The van der Waals surface area contributed by atoms with Crippen molar-refractivity contribution in [2.24, 2.45) is 0 Å². The SMILES string of the molecule is C(=Cc1ccc(N2NC(c3ccccc3)[NH2+]N2c2ccccc2)cc1)c1ccccc1.[Cl-]. The average molecular weight is 441 g/mol. The summed E-state index contributed by atoms with van der Waals surface area (Å²) in [5.74, 6) is 0. The van der Waals surface area contributed by atoms with E-state index in [0.29, 0.717) is 0 Å². The molecule has 0 spiro atoms. The highest BCUT2D eigenvalue weighted by Crippen LogP contribution is 2.24. The van der Waals surface area contributed by atoms with E-state index in [1.165, 1.54) is 16.7 Å². The van der Waals surface area contributed by atoms with Crippen molar-refractivity contribution < 1.29 is 17.8 Å². The van der Waals surface area contributed by atoms with Crippen molar-refractivity contribution >= 4 is 23.5 Å². The second-order valence-corrected chi connectivity index (χ2v) is 7.49. The zero-order chi connectivity index (χ0) is 20.9. The molecule has 1 unspecified atom stereocenters. The van der Waals surface area contributed by atoms with Crippen molar-refractivity contribution in [2.45, 2.75) is 6.17 Å². The second-order valence-electron chi connectivity index (χ2n) is 7.49. The number of rotatable bonds is 5. The van der Waals surface area contributed by atoms with Crippen molar-refractivity contribution in [3.05, 3.63) is 132 Å². The van der Waals surface area contributed by atoms with E-state index in [9.17, 15) is 0 Å². The number of benzene rings is 4. The van der Waals surface area contributed by atoms with Crippen LogP contribution in [-0.2, 0) is 0 Å². The number of nitrogens with two attached hydrogens (primary N) is 1. The number of halogens is 1. The van der Waals surface area contributed by atoms with Gasteiger partial charge in [-0.1, -0.05) is 103 Å². The molecule has 5 heteroatoms. The van der Waals surface area contributed by atoms with Gasteiger partial charge in [0.05, 0.1) is 5.69 Å². The summed E-state index contributed by atoms with van der Waals surface area (Å²) in [6.07, 6.45) is 4.38. The zero-order valence-electron chi connectivity index (χ0n) is 17.6. The summed E-state index contributed by atoms with van der Waals surface area (Å²) in [6, 6.07) is 39.9. The molecule has 3 N–H and O–H groups in total. The zero-order valence-corrected chi connectivity index (χ0v) is 18.3. The van der Waals surface area contributed by atoms with Crippen LogP contribution in [0.15, 0.2) is 115 Å². The van der Waals surface area contributed by atoms with Gasteiger partial charge in [-0.25, -0.2) is 5.43 Å². The molecule has 1 heterocycles. The highest BCUT2D eigenvalue weighted by atomic mass is 35.5. The van der Waals surface area contributed by atoms with Crippen LogP contribution < -0.4 is 33.5 Å². The van der Waals surface area contributed by atoms with Crippen LogP contribution in [0.4, 0.5) is 11.4 Å². The highest BCUT2D eigenvalue weighted by molar-refractivity contribution is 5.70. The Bertz CT molecular complexity index is 1130. The van der Waals surface area contributed by atoms with Gasteiger partial charge in [-0.3, -0.25) is 0 Å². The highest BCUT2D eigenvalue weighted by Gasteiger charge is 2.35. The van der Waals surface area contributed by atoms with E-state index in [0.717, 1.165) is 11.4 Å². The number of para-hydroxylation sites is 1. The molecule has 4 nitrogen and oxygen atoms in total. The topological polar surface area (TPSA) is 35.1 Å². The number of nitrogens with zero attached hydrogens (tertiary/aromatic N) is 2. The van der Waals surface area contributed by atoms with Gasteiger partial charge in [0.2, 0.25) is 6.17 Å². The fourth-order valence-corrected chi connectivity index (χ4v) is 3.72. The molecule has 4 aromatic rings. The first-order chi connectivity index (χ1) is 15.4. The molecule has 0 aliphatic carbocycles. The summed E-state index contributed by atoms with van der Waals surface area (Å²) in [5.41, 5.74) is 11.6. The number of quaternary nitrogens is 1. The maximum absolute atomic E-state index is 3.64. The van der Waals surface area contributed by atoms with Crippen LogP contribution in [0.2, 0.25) is 0 Å². The number of nitrogens with one attached hydrogen (secondary N) is 1. The normalized spacial score (nSPS) is 15.7. The Morgan fingerprint density at radius 2 is 1.12 bits per heavy atom. The van der Waals surface area contributed by atoms with E-state index in [1.807, 2.05) is 18.2 Å². The van der Waals surface area contributed by atoms with Crippen LogP contribution in [0.3, 0.4) is 0 Å². The molecule has 0 radical (unpaired) electrons. The van der Waals surface area contributed by atoms with Gasteiger partial charge in [-0.15, -0.1) is 5.12 Å². The van der Waals surface area contributed by atoms with Gasteiger partial charge >= 0.3 is 0 Å². The Morgan fingerprint density at radius 1 is 0.594 bits per heavy atom. The minimum absolute atomic E-state index is 0. The summed E-state index contributed by atoms with van der Waals surface area (Å²) < 4.78 is 0. The van der Waals surface area contributed by atoms with Crippen molar-refractivity contribution in [1.29, 1.82) is 0 Å². The molecule has 0 saturated carbocycles. The Balaban J connectivity index is 0.00000245. The van der Waals surface area contributed by atoms with Crippen molar-refractivity contribution in [3.8, 4) is 0 Å². The average Bonchev–Trinajstić information content (AvgIpc) is 3.30. The van der Waals surface area contributed by atoms with Gasteiger partial charge in [0.25, 0.3) is 0 Å². The number of hydrogen-bond donors (Lipinski definition) is 2. The molecule has 4 aromatic carbocycles. The fraction of sp³-hybridized carbons (Fsp3) is 0.0370. The first kappa shape index (κ1) is 21.7. The molecule has 1 saturated heterocycles. The number of hydrogen-bond acceptors (Lipinski definition) is 3. The lowest BCUT2D eigenvalue weighted by Gasteiger charge is -2.25. The standard InChI is InChI=1S/C27H24N4.ClH/c1-4-10-22(11-5-1)16-17-23-18-20-26(21-19-23)31-29-27(24-12-6-2-7-13-24)28-30(31)25-14-8-3-9-15-25;/h1-21,27-29H;1H. The quantitative estimate of drug-likeness (QED) is 0.367. The van der Waals surface area contributed by atoms with Crippen LogP contribution in [0.25, 0.3) is 12.2 Å². The first-order valence-electron chi connectivity index (χ1n) is 10.5. The van der Waals surface area contributed by atoms with E-state index in [1.54, 1.807) is 0 Å². The summed E-state index contributed by atoms with van der Waals surface area (Å²) in [7, 11) is 0. The molecular weight excluding hydrogens is 416 g/mol. The van der Waals surface area contributed by atoms with Gasteiger partial charge in [0.15, 0.2) is 0 Å². The Labute approximate surface area is 195 Å². The third-order valence-electron chi connectivity index (χ3n) is 5.35. The fourth-order valence-electron chi connectivity index (χ4n) is 3.72. The van der Waals surface area contributed by atoms with Gasteiger partial charge in [-0.05, 0) is 35.4 Å². The number of hydrazine groups is 2. The predicted molar refractivity (Wildman–Crippen MR) is 127 cm³/mol. The maximum Gasteiger partial charge on any atom is 0.208 e. The van der Waals surface area contributed by atoms with E-state index in [-0.39, 0.29) is 18.6 Å². The smallest absolute Gasteiger partial charge is 0.208 e. The molecule has 1 atom stereocenters. The van der Waals surface area contributed by atoms with Gasteiger partial charge in [0, 0.05) is 5.56 Å². The lowest BCUT2D eigenvalue weighted by atomic mass is 10.1. The number of anilines is 2. The predicted octanol–water partition coefficient (Wildman–Crippen LogP) is 1.78. The first-order valence-corrected chi connectivity index (χ1v) is 10.5. The lowest BCUT2D eigenvalue weighted by Crippen LogP contribution is -3.00. The third kappa shape index (κ3) is 4.84. The molecule has 32 heavy (non-hydrogen) atoms. The van der Waals surface area contributed by atoms with Crippen LogP contribution >= 0.6 is 0 Å². The molecule has 5 rings (SSSR count). The molecule has 0 bridgehead atoms. The van der Waals surface area contributed by atoms with Crippen LogP contribution in [0.1, 0.15) is 22.9 Å². The Hall–Kier alpha value is -3.57. The molecule has 0 amide bonds. The van der Waals surface area contributed by atoms with Crippen LogP contribution in [0, 0.1) is 0 Å². The van der Waals surface area contributed by atoms with E-state index >= 15 is 0 Å². The van der Waals surface area contributed by atoms with E-state index in [4.69, 9.17) is 0 Å². The van der Waals surface area contributed by atoms with Gasteiger partial charge in [0.1, 0.15) is 5.69 Å². The second kappa shape index (κ2) is 10.2. The molecule has 1 aliphatic rings. The monoisotopic (exact) mass is 440 g/mol. The summed E-state index contributed by atoms with van der Waals surface area (Å²) in [5, 5.41) is 4.28. The Kier molecular flexibility index (Phi) is 6.87. The van der Waals surface area contributed by atoms with Gasteiger partial charge < -0.3 is 12.4 Å². The molecular formula is C27H25ClN4. The Morgan fingerprint density at radius 3 is 1.75 bits per heavy atom. The van der Waals surface area contributed by atoms with E-state index in [2.05, 4.69) is 130 Å². The molecule has 1 fully saturated rings. The molecule has 160 valence electrons. The van der Waals surface area contributed by atoms with Crippen molar-refractivity contribution in [2.75, 3.05) is 10.2 Å². The third-order valence-corrected chi connectivity index (χ3v) is 5.35. The van der Waals surface area contributed by atoms with Crippen molar-refractivity contribution in [3.63, 3.8) is 0 Å². The van der Waals surface area contributed by atoms with E-state index < -0.39 is 0 Å². The molecule has 1 aliphatic heterocycles. The summed E-state index contributed by atoms with van der Waals surface area (Å²) in [4.78, 5) is 0. The van der Waals surface area contributed by atoms with Crippen LogP contribution in [0.5, 0.6) is 0 Å². The minimum Gasteiger partial charge on any atom is -1.00 e.